The highest BCUT2D eigenvalue weighted by Crippen LogP contribution is 2.29. The van der Waals surface area contributed by atoms with Crippen molar-refractivity contribution in [1.29, 1.82) is 0 Å². The zero-order valence-electron chi connectivity index (χ0n) is 15.7. The minimum atomic E-state index is -0.594. The second kappa shape index (κ2) is 7.19. The summed E-state index contributed by atoms with van der Waals surface area (Å²) in [5.41, 5.74) is 3.17. The van der Waals surface area contributed by atoms with Crippen LogP contribution < -0.4 is 4.74 Å². The summed E-state index contributed by atoms with van der Waals surface area (Å²) in [5, 5.41) is 4.75. The number of furan rings is 1. The number of ether oxygens (including phenoxy) is 2. The van der Waals surface area contributed by atoms with Crippen LogP contribution in [0.25, 0.3) is 22.4 Å². The van der Waals surface area contributed by atoms with E-state index in [4.69, 9.17) is 18.4 Å². The third-order valence-corrected chi connectivity index (χ3v) is 4.51. The first-order chi connectivity index (χ1) is 13.6. The van der Waals surface area contributed by atoms with E-state index in [-0.39, 0.29) is 18.3 Å². The highest BCUT2D eigenvalue weighted by Gasteiger charge is 2.21. The van der Waals surface area contributed by atoms with E-state index in [1.807, 2.05) is 37.3 Å². The molecular formula is C21H18N2O5. The van der Waals surface area contributed by atoms with Gasteiger partial charge in [-0.05, 0) is 37.6 Å². The van der Waals surface area contributed by atoms with Gasteiger partial charge in [0.15, 0.2) is 6.61 Å². The molecule has 28 heavy (non-hydrogen) atoms. The molecule has 0 fully saturated rings. The van der Waals surface area contributed by atoms with E-state index in [0.29, 0.717) is 22.7 Å². The van der Waals surface area contributed by atoms with Crippen molar-refractivity contribution in [3.8, 4) is 17.1 Å². The number of methoxy groups -OCH3 is 1. The van der Waals surface area contributed by atoms with Crippen molar-refractivity contribution < 1.29 is 23.2 Å². The molecule has 0 radical (unpaired) electrons. The van der Waals surface area contributed by atoms with Crippen molar-refractivity contribution in [3.05, 3.63) is 65.2 Å². The second-order valence-corrected chi connectivity index (χ2v) is 6.32. The number of aromatic nitrogens is 2. The average molecular weight is 378 g/mol. The van der Waals surface area contributed by atoms with E-state index in [9.17, 15) is 4.79 Å². The van der Waals surface area contributed by atoms with Crippen molar-refractivity contribution in [2.45, 2.75) is 20.5 Å². The van der Waals surface area contributed by atoms with Gasteiger partial charge in [-0.15, -0.1) is 0 Å². The Morgan fingerprint density at radius 2 is 1.96 bits per heavy atom. The van der Waals surface area contributed by atoms with Crippen LogP contribution in [0.5, 0.6) is 5.75 Å². The Kier molecular flexibility index (Phi) is 4.57. The van der Waals surface area contributed by atoms with Crippen LogP contribution in [0.15, 0.2) is 51.4 Å². The Bertz CT molecular complexity index is 1160. The smallest absolute Gasteiger partial charge is 0.375 e. The molecule has 0 aliphatic heterocycles. The molecule has 7 heteroatoms. The minimum absolute atomic E-state index is 0.141. The number of hydrogen-bond acceptors (Lipinski definition) is 7. The Hall–Kier alpha value is -3.61. The monoisotopic (exact) mass is 378 g/mol. The minimum Gasteiger partial charge on any atom is -0.497 e. The summed E-state index contributed by atoms with van der Waals surface area (Å²) in [4.78, 5) is 16.7. The number of rotatable bonds is 5. The number of fused-ring (bicyclic) bond motifs is 1. The number of aryl methyl sites for hydroxylation is 2. The number of benzene rings is 2. The summed E-state index contributed by atoms with van der Waals surface area (Å²) in [6.45, 7) is 3.62. The molecule has 4 aromatic rings. The summed E-state index contributed by atoms with van der Waals surface area (Å²) >= 11 is 0. The van der Waals surface area contributed by atoms with E-state index in [0.717, 1.165) is 16.5 Å². The van der Waals surface area contributed by atoms with Crippen LogP contribution >= 0.6 is 0 Å². The van der Waals surface area contributed by atoms with Crippen LogP contribution in [-0.4, -0.2) is 23.2 Å². The van der Waals surface area contributed by atoms with Crippen LogP contribution in [0.4, 0.5) is 0 Å². The number of esters is 1. The van der Waals surface area contributed by atoms with E-state index in [2.05, 4.69) is 10.1 Å². The molecule has 0 saturated carbocycles. The van der Waals surface area contributed by atoms with Crippen LogP contribution in [-0.2, 0) is 11.3 Å². The molecule has 0 spiro atoms. The Morgan fingerprint density at radius 3 is 2.75 bits per heavy atom. The van der Waals surface area contributed by atoms with Crippen LogP contribution in [0.1, 0.15) is 27.6 Å². The number of carbonyl (C=O) groups excluding carboxylic acids is 1. The summed E-state index contributed by atoms with van der Waals surface area (Å²) in [7, 11) is 1.58. The summed E-state index contributed by atoms with van der Waals surface area (Å²) in [6, 6.07) is 13.0. The summed E-state index contributed by atoms with van der Waals surface area (Å²) in [5.74, 6) is 0.898. The molecule has 0 N–H and O–H groups in total. The van der Waals surface area contributed by atoms with E-state index < -0.39 is 5.97 Å². The number of hydrogen-bond donors (Lipinski definition) is 0. The van der Waals surface area contributed by atoms with Crippen molar-refractivity contribution >= 4 is 16.9 Å². The fourth-order valence-corrected chi connectivity index (χ4v) is 2.96. The molecule has 2 aromatic carbocycles. The van der Waals surface area contributed by atoms with Crippen LogP contribution in [0.2, 0.25) is 0 Å². The maximum absolute atomic E-state index is 12.5. The lowest BCUT2D eigenvalue weighted by atomic mass is 10.1. The first kappa shape index (κ1) is 17.8. The zero-order chi connectivity index (χ0) is 19.7. The molecule has 7 nitrogen and oxygen atoms in total. The average Bonchev–Trinajstić information content (AvgIpc) is 3.31. The normalized spacial score (nSPS) is 11.0. The van der Waals surface area contributed by atoms with Gasteiger partial charge in [0.2, 0.25) is 11.6 Å². The molecular weight excluding hydrogens is 360 g/mol. The fraction of sp³-hybridized carbons (Fsp3) is 0.190. The SMILES string of the molecule is COc1ccc2oc(C(=O)OCc3nc(-c4ccccc4C)no3)c(C)c2c1. The zero-order valence-corrected chi connectivity index (χ0v) is 15.7. The predicted molar refractivity (Wildman–Crippen MR) is 101 cm³/mol. The summed E-state index contributed by atoms with van der Waals surface area (Å²) < 4.78 is 21.4. The fourth-order valence-electron chi connectivity index (χ4n) is 2.96. The van der Waals surface area contributed by atoms with Crippen LogP contribution in [0, 0.1) is 13.8 Å². The first-order valence-electron chi connectivity index (χ1n) is 8.69. The van der Waals surface area contributed by atoms with Crippen molar-refractivity contribution in [3.63, 3.8) is 0 Å². The van der Waals surface area contributed by atoms with Crippen molar-refractivity contribution in [2.75, 3.05) is 7.11 Å². The van der Waals surface area contributed by atoms with Gasteiger partial charge in [0.25, 0.3) is 5.89 Å². The van der Waals surface area contributed by atoms with E-state index in [1.54, 1.807) is 26.2 Å². The van der Waals surface area contributed by atoms with Gasteiger partial charge >= 0.3 is 5.97 Å². The molecule has 4 rings (SSSR count). The number of carbonyl (C=O) groups is 1. The molecule has 0 aliphatic carbocycles. The van der Waals surface area contributed by atoms with Gasteiger partial charge in [-0.25, -0.2) is 4.79 Å². The quantitative estimate of drug-likeness (QED) is 0.474. The topological polar surface area (TPSA) is 87.6 Å². The lowest BCUT2D eigenvalue weighted by molar-refractivity contribution is 0.0395. The lowest BCUT2D eigenvalue weighted by Gasteiger charge is -2.00. The molecule has 0 saturated heterocycles. The van der Waals surface area contributed by atoms with Gasteiger partial charge in [0.1, 0.15) is 11.3 Å². The molecule has 2 heterocycles. The van der Waals surface area contributed by atoms with Gasteiger partial charge < -0.3 is 18.4 Å². The second-order valence-electron chi connectivity index (χ2n) is 6.32. The lowest BCUT2D eigenvalue weighted by Crippen LogP contribution is -2.05. The van der Waals surface area contributed by atoms with Gasteiger partial charge in [-0.3, -0.25) is 0 Å². The maximum Gasteiger partial charge on any atom is 0.375 e. The Labute approximate surface area is 160 Å². The first-order valence-corrected chi connectivity index (χ1v) is 8.69. The Morgan fingerprint density at radius 1 is 1.14 bits per heavy atom. The number of nitrogens with zero attached hydrogens (tertiary/aromatic N) is 2. The molecule has 2 aromatic heterocycles. The Balaban J connectivity index is 1.50. The van der Waals surface area contributed by atoms with Gasteiger partial charge in [-0.1, -0.05) is 29.4 Å². The van der Waals surface area contributed by atoms with Gasteiger partial charge in [-0.2, -0.15) is 4.98 Å². The standard InChI is InChI=1S/C21H18N2O5/c1-12-6-4-5-7-15(12)20-22-18(28-23-20)11-26-21(24)19-13(2)16-10-14(25-3)8-9-17(16)27-19/h4-10H,11H2,1-3H3. The molecule has 0 unspecified atom stereocenters. The third-order valence-electron chi connectivity index (χ3n) is 4.51. The highest BCUT2D eigenvalue weighted by molar-refractivity contribution is 5.96. The van der Waals surface area contributed by atoms with Crippen molar-refractivity contribution in [2.24, 2.45) is 0 Å². The summed E-state index contributed by atoms with van der Waals surface area (Å²) in [6.07, 6.45) is 0. The van der Waals surface area contributed by atoms with Gasteiger partial charge in [0.05, 0.1) is 7.11 Å². The maximum atomic E-state index is 12.5. The van der Waals surface area contributed by atoms with Crippen molar-refractivity contribution in [1.82, 2.24) is 10.1 Å². The largest absolute Gasteiger partial charge is 0.497 e. The van der Waals surface area contributed by atoms with E-state index >= 15 is 0 Å². The molecule has 0 aliphatic rings. The van der Waals surface area contributed by atoms with Gasteiger partial charge in [0, 0.05) is 16.5 Å². The molecule has 0 atom stereocenters. The van der Waals surface area contributed by atoms with E-state index in [1.165, 1.54) is 0 Å². The van der Waals surface area contributed by atoms with Crippen LogP contribution in [0.3, 0.4) is 0 Å². The predicted octanol–water partition coefficient (Wildman–Crippen LogP) is 4.47. The molecule has 0 bridgehead atoms. The third kappa shape index (κ3) is 3.22. The highest BCUT2D eigenvalue weighted by atomic mass is 16.6. The molecule has 142 valence electrons. The molecule has 0 amide bonds.